The molecule has 33 heteroatoms. The van der Waals surface area contributed by atoms with Crippen LogP contribution in [0.4, 0.5) is 20.1 Å². The number of aliphatic hydroxyl groups is 3. The predicted octanol–water partition coefficient (Wildman–Crippen LogP) is 6.70. The molecule has 0 aromatic heterocycles. The first-order chi connectivity index (χ1) is 49.0. The van der Waals surface area contributed by atoms with Crippen LogP contribution in [0, 0.1) is 33.8 Å². The maximum atomic E-state index is 14.0. The number of hydrogen-bond acceptors (Lipinski definition) is 26. The standard InChI is InChI=1S/C38H45N3O15S.C31H42N2O11S/c1-24(2)20-40(57(47,48)29-12-13-33-34(19-29)54-23-53-33)21-32(42)31(39-37(43)56-35-22-52-36-30(35)14-17-50-36)18-25-4-8-27(9-5-25)49-15-3-16-51-38(44)55-28-10-6-26(7-11-28)41(45)46;1-20(2)16-33(45(37,38)23-8-9-27-28(15-23)43-19-42-27)17-26(35)25(14-21-4-6-22(7-5-21)39-12-3-11-34)32-31(36)44-29-18-41-30-24(29)10-13-40-30/h4-13,19,24,30-32,35-36,42H,3,14-18,20-23H2,1-2H3,(H,39,43);4-9,15,20,24-26,29-30,34-35H,3,10-14,16-19H2,1-2H3,(H,32,36)/t30-,31-,32+,35-,36+;24-,25-,26+,29-,30+/m00/s1. The van der Waals surface area contributed by atoms with Crippen LogP contribution in [0.15, 0.2) is 119 Å². The third-order valence-corrected chi connectivity index (χ3v) is 20.9. The van der Waals surface area contributed by atoms with Crippen molar-refractivity contribution in [1.29, 1.82) is 0 Å². The number of fused-ring (bicyclic) bond motifs is 4. The molecule has 5 aromatic rings. The number of carbonyl (C=O) groups is 3. The van der Waals surface area contributed by atoms with E-state index in [1.54, 1.807) is 42.5 Å². The highest BCUT2D eigenvalue weighted by Gasteiger charge is 2.46. The second-order valence-electron chi connectivity index (χ2n) is 25.8. The predicted molar refractivity (Wildman–Crippen MR) is 359 cm³/mol. The number of aliphatic hydroxyl groups excluding tert-OH is 3. The molecule has 31 nitrogen and oxygen atoms in total. The van der Waals surface area contributed by atoms with Crippen molar-refractivity contribution in [3.8, 4) is 40.2 Å². The van der Waals surface area contributed by atoms with E-state index in [1.807, 2.05) is 39.8 Å². The summed E-state index contributed by atoms with van der Waals surface area (Å²) in [4.78, 5) is 48.6. The van der Waals surface area contributed by atoms with Crippen LogP contribution in [0.25, 0.3) is 0 Å². The number of ether oxygens (including phenoxy) is 14. The maximum Gasteiger partial charge on any atom is 0.513 e. The number of hydrogen-bond donors (Lipinski definition) is 5. The Morgan fingerprint density at radius 1 is 0.569 bits per heavy atom. The van der Waals surface area contributed by atoms with E-state index in [0.717, 1.165) is 5.56 Å². The summed E-state index contributed by atoms with van der Waals surface area (Å²) in [6, 6.07) is 25.9. The van der Waals surface area contributed by atoms with Gasteiger partial charge in [0.15, 0.2) is 35.6 Å². The van der Waals surface area contributed by atoms with Crippen molar-refractivity contribution < 1.29 is 118 Å². The molecule has 10 atom stereocenters. The van der Waals surface area contributed by atoms with Crippen molar-refractivity contribution in [1.82, 2.24) is 19.2 Å². The van der Waals surface area contributed by atoms with Gasteiger partial charge in [0, 0.05) is 69.9 Å². The Morgan fingerprint density at radius 2 is 1.00 bits per heavy atom. The Morgan fingerprint density at radius 3 is 1.43 bits per heavy atom. The molecule has 5 aromatic carbocycles. The molecular weight excluding hydrogens is 1380 g/mol. The number of rotatable bonds is 33. The molecule has 0 radical (unpaired) electrons. The lowest BCUT2D eigenvalue weighted by Crippen LogP contribution is -2.51. The normalized spacial score (nSPS) is 20.6. The third kappa shape index (κ3) is 20.7. The molecule has 0 spiro atoms. The van der Waals surface area contributed by atoms with Gasteiger partial charge in [0.2, 0.25) is 33.6 Å². The van der Waals surface area contributed by atoms with Crippen LogP contribution in [0.5, 0.6) is 40.2 Å². The minimum atomic E-state index is -4.13. The van der Waals surface area contributed by atoms with Crippen LogP contribution in [0.1, 0.15) is 64.5 Å². The van der Waals surface area contributed by atoms with Crippen LogP contribution < -0.4 is 43.8 Å². The van der Waals surface area contributed by atoms with Gasteiger partial charge >= 0.3 is 18.3 Å². The van der Waals surface area contributed by atoms with Crippen molar-refractivity contribution in [2.24, 2.45) is 23.7 Å². The van der Waals surface area contributed by atoms with E-state index >= 15 is 0 Å². The number of nitrogens with zero attached hydrogens (tertiary/aromatic N) is 3. The van der Waals surface area contributed by atoms with Crippen LogP contribution in [-0.4, -0.2) is 206 Å². The molecule has 4 fully saturated rings. The largest absolute Gasteiger partial charge is 0.513 e. The van der Waals surface area contributed by atoms with Gasteiger partial charge in [-0.3, -0.25) is 10.1 Å². The van der Waals surface area contributed by atoms with Crippen molar-refractivity contribution >= 4 is 44.1 Å². The number of alkyl carbamates (subject to hydrolysis) is 2. The van der Waals surface area contributed by atoms with Crippen LogP contribution in [0.2, 0.25) is 0 Å². The number of carbonyl (C=O) groups excluding carboxylic acids is 3. The number of nitro benzene ring substituents is 1. The van der Waals surface area contributed by atoms with Crippen molar-refractivity contribution in [3.63, 3.8) is 0 Å². The number of nitrogens with one attached hydrogen (secondary N) is 2. The zero-order chi connectivity index (χ0) is 72.5. The molecule has 0 saturated carbocycles. The van der Waals surface area contributed by atoms with E-state index in [9.17, 15) is 51.5 Å². The monoisotopic (exact) mass is 1470 g/mol. The summed E-state index contributed by atoms with van der Waals surface area (Å²) in [7, 11) is -8.19. The van der Waals surface area contributed by atoms with Crippen molar-refractivity contribution in [2.75, 3.05) is 92.6 Å². The van der Waals surface area contributed by atoms with Crippen LogP contribution >= 0.6 is 0 Å². The van der Waals surface area contributed by atoms with Gasteiger partial charge in [-0.25, -0.2) is 31.2 Å². The summed E-state index contributed by atoms with van der Waals surface area (Å²) in [6.07, 6.45) is -4.51. The number of non-ortho nitro benzene ring substituents is 1. The van der Waals surface area contributed by atoms with E-state index in [0.29, 0.717) is 85.6 Å². The zero-order valence-electron chi connectivity index (χ0n) is 56.9. The van der Waals surface area contributed by atoms with Gasteiger partial charge in [0.05, 0.1) is 97.1 Å². The fraction of sp³-hybridized carbons (Fsp3) is 0.522. The molecule has 11 rings (SSSR count). The summed E-state index contributed by atoms with van der Waals surface area (Å²) in [5, 5.41) is 48.6. The van der Waals surface area contributed by atoms with Gasteiger partial charge in [0.25, 0.3) is 5.69 Å². The molecule has 102 heavy (non-hydrogen) atoms. The highest BCUT2D eigenvalue weighted by Crippen LogP contribution is 2.38. The fourth-order valence-electron chi connectivity index (χ4n) is 12.1. The Bertz CT molecular complexity index is 3840. The van der Waals surface area contributed by atoms with Crippen molar-refractivity contribution in [3.05, 3.63) is 130 Å². The van der Waals surface area contributed by atoms with E-state index in [1.165, 1.54) is 63.2 Å². The second kappa shape index (κ2) is 35.7. The van der Waals surface area contributed by atoms with Crippen LogP contribution in [0.3, 0.4) is 0 Å². The van der Waals surface area contributed by atoms with E-state index in [-0.39, 0.29) is 131 Å². The topological polar surface area (TPSA) is 383 Å². The number of sulfonamides is 2. The molecular formula is C69H87N5O26S2. The molecule has 2 amide bonds. The number of amides is 2. The maximum absolute atomic E-state index is 14.0. The third-order valence-electron chi connectivity index (χ3n) is 17.3. The van der Waals surface area contributed by atoms with Gasteiger partial charge in [-0.2, -0.15) is 8.61 Å². The molecule has 5 N–H and O–H groups in total. The quantitative estimate of drug-likeness (QED) is 0.00728. The van der Waals surface area contributed by atoms with Gasteiger partial charge in [-0.05, 0) is 109 Å². The summed E-state index contributed by atoms with van der Waals surface area (Å²) in [5.41, 5.74) is 1.34. The molecule has 0 bridgehead atoms. The average Bonchev–Trinajstić information content (AvgIpc) is 1.17. The van der Waals surface area contributed by atoms with Gasteiger partial charge in [0.1, 0.15) is 29.5 Å². The van der Waals surface area contributed by atoms with Crippen molar-refractivity contribution in [2.45, 2.75) is 125 Å². The number of nitro groups is 1. The zero-order valence-corrected chi connectivity index (χ0v) is 58.5. The fourth-order valence-corrected chi connectivity index (χ4v) is 15.4. The minimum Gasteiger partial charge on any atom is -0.494 e. The van der Waals surface area contributed by atoms with Gasteiger partial charge < -0.3 is 92.3 Å². The Kier molecular flexibility index (Phi) is 26.7. The molecule has 6 aliphatic rings. The minimum absolute atomic E-state index is 0.00782. The van der Waals surface area contributed by atoms with E-state index in [2.05, 4.69) is 10.6 Å². The Balaban J connectivity index is 0.000000226. The first-order valence-electron chi connectivity index (χ1n) is 33.7. The lowest BCUT2D eigenvalue weighted by molar-refractivity contribution is -0.384. The SMILES string of the molecule is CC(C)CN(C[C@@H](O)[C@H](Cc1ccc(OCCCO)cc1)NC(=O)O[C@H]1CO[C@H]2OCC[C@H]21)S(=O)(=O)c1ccc2c(c1)OCO2.CC(C)CN(C[C@@H](O)[C@H](Cc1ccc(OCCCOC(=O)Oc2ccc([N+](=O)[O-])cc2)cc1)NC(=O)O[C@H]1CO[C@H]2OCC[C@H]21)S(=O)(=O)c1ccc2c(c1)OCO2. The van der Waals surface area contributed by atoms with Gasteiger partial charge in [-0.1, -0.05) is 52.0 Å². The molecule has 0 unspecified atom stereocenters. The van der Waals surface area contributed by atoms with Crippen LogP contribution in [-0.2, 0) is 66.0 Å². The highest BCUT2D eigenvalue weighted by molar-refractivity contribution is 7.89. The summed E-state index contributed by atoms with van der Waals surface area (Å²) < 4.78 is 135. The van der Waals surface area contributed by atoms with Gasteiger partial charge in [-0.15, -0.1) is 0 Å². The summed E-state index contributed by atoms with van der Waals surface area (Å²) >= 11 is 0. The molecule has 0 aliphatic carbocycles. The average molecular weight is 1470 g/mol. The van der Waals surface area contributed by atoms with E-state index < -0.39 is 92.4 Å². The highest BCUT2D eigenvalue weighted by atomic mass is 32.2. The van der Waals surface area contributed by atoms with E-state index in [4.69, 9.17) is 71.4 Å². The lowest BCUT2D eigenvalue weighted by Gasteiger charge is -2.31. The first-order valence-corrected chi connectivity index (χ1v) is 36.6. The second-order valence-corrected chi connectivity index (χ2v) is 29.7. The molecule has 6 aliphatic heterocycles. The number of benzene rings is 5. The molecule has 556 valence electrons. The molecule has 4 saturated heterocycles. The molecule has 6 heterocycles. The Hall–Kier alpha value is -8.35. The smallest absolute Gasteiger partial charge is 0.494 e. The summed E-state index contributed by atoms with van der Waals surface area (Å²) in [6.45, 7) is 9.07. The Labute approximate surface area is 590 Å². The lowest BCUT2D eigenvalue weighted by atomic mass is 10.0. The first kappa shape index (κ1) is 76.3. The summed E-state index contributed by atoms with van der Waals surface area (Å²) in [5.74, 6) is 2.41.